The Hall–Kier alpha value is -2.17. The lowest BCUT2D eigenvalue weighted by molar-refractivity contribution is -0.385. The summed E-state index contributed by atoms with van der Waals surface area (Å²) in [6.07, 6.45) is 1.09. The lowest BCUT2D eigenvalue weighted by Gasteiger charge is -2.07. The minimum absolute atomic E-state index is 0.0627. The van der Waals surface area contributed by atoms with Crippen LogP contribution < -0.4 is 10.2 Å². The molecule has 0 fully saturated rings. The number of phenols is 1. The number of rotatable bonds is 6. The number of amides is 1. The molecule has 0 aliphatic heterocycles. The maximum absolute atomic E-state index is 11.7. The average molecular weight is 508 g/mol. The largest absolute Gasteiger partial charge is 0.506 e. The van der Waals surface area contributed by atoms with E-state index in [4.69, 9.17) is 16.3 Å². The summed E-state index contributed by atoms with van der Waals surface area (Å²) in [7, 11) is 0. The number of carbonyl (C=O) groups excluding carboxylic acids is 1. The number of phenolic OH excluding ortho intramolecular Hbond substituents is 1. The van der Waals surface area contributed by atoms with Gasteiger partial charge in [0.1, 0.15) is 11.5 Å². The molecule has 2 rings (SSSR count). The standard InChI is InChI=1S/C15H10Br2ClN3O5/c16-11-4-9(18)1-2-13(11)26-7-14(22)20-19-6-8-3-10(21(24)25)5-12(17)15(8)23/h1-6,23H,7H2,(H,20,22)/b19-6-. The van der Waals surface area contributed by atoms with Crippen LogP contribution in [0.4, 0.5) is 5.69 Å². The fraction of sp³-hybridized carbons (Fsp3) is 0.0667. The van der Waals surface area contributed by atoms with Gasteiger partial charge in [-0.3, -0.25) is 14.9 Å². The Morgan fingerprint density at radius 2 is 2.08 bits per heavy atom. The van der Waals surface area contributed by atoms with Crippen molar-refractivity contribution in [3.63, 3.8) is 0 Å². The van der Waals surface area contributed by atoms with Crippen molar-refractivity contribution in [2.45, 2.75) is 0 Å². The molecule has 8 nitrogen and oxygen atoms in total. The zero-order valence-corrected chi connectivity index (χ0v) is 16.7. The molecule has 0 spiro atoms. The van der Waals surface area contributed by atoms with E-state index in [0.717, 1.165) is 18.3 Å². The molecule has 2 aromatic rings. The highest BCUT2D eigenvalue weighted by molar-refractivity contribution is 9.10. The van der Waals surface area contributed by atoms with Crippen LogP contribution in [-0.4, -0.2) is 28.8 Å². The van der Waals surface area contributed by atoms with E-state index in [9.17, 15) is 20.0 Å². The summed E-state index contributed by atoms with van der Waals surface area (Å²) < 4.78 is 6.04. The molecule has 1 amide bonds. The summed E-state index contributed by atoms with van der Waals surface area (Å²) >= 11 is 12.1. The SMILES string of the molecule is O=C(COc1ccc(Cl)cc1Br)N/N=C\c1cc([N+](=O)[O-])cc(Br)c1O. The number of hydrogen-bond donors (Lipinski definition) is 2. The Bertz CT molecular complexity index is 892. The van der Waals surface area contributed by atoms with E-state index in [0.29, 0.717) is 15.2 Å². The van der Waals surface area contributed by atoms with E-state index in [1.807, 2.05) is 0 Å². The van der Waals surface area contributed by atoms with E-state index >= 15 is 0 Å². The van der Waals surface area contributed by atoms with Crippen LogP contribution in [0.3, 0.4) is 0 Å². The van der Waals surface area contributed by atoms with Gasteiger partial charge in [-0.15, -0.1) is 0 Å². The molecule has 0 atom stereocenters. The van der Waals surface area contributed by atoms with Gasteiger partial charge in [0.05, 0.1) is 20.1 Å². The average Bonchev–Trinajstić information content (AvgIpc) is 2.57. The number of carbonyl (C=O) groups is 1. The number of nitrogens with one attached hydrogen (secondary N) is 1. The molecule has 0 aliphatic carbocycles. The van der Waals surface area contributed by atoms with E-state index in [2.05, 4.69) is 42.4 Å². The third-order valence-corrected chi connectivity index (χ3v) is 4.39. The molecule has 0 bridgehead atoms. The van der Waals surface area contributed by atoms with Gasteiger partial charge < -0.3 is 9.84 Å². The van der Waals surface area contributed by atoms with Gasteiger partial charge in [0.2, 0.25) is 0 Å². The summed E-state index contributed by atoms with van der Waals surface area (Å²) in [6.45, 7) is -0.317. The van der Waals surface area contributed by atoms with Gasteiger partial charge in [-0.2, -0.15) is 5.10 Å². The van der Waals surface area contributed by atoms with Gasteiger partial charge in [0, 0.05) is 22.7 Å². The summed E-state index contributed by atoms with van der Waals surface area (Å²) in [4.78, 5) is 22.0. The van der Waals surface area contributed by atoms with Crippen molar-refractivity contribution in [1.82, 2.24) is 5.43 Å². The number of ether oxygens (including phenoxy) is 1. The Morgan fingerprint density at radius 1 is 1.35 bits per heavy atom. The molecule has 0 aromatic heterocycles. The highest BCUT2D eigenvalue weighted by Gasteiger charge is 2.13. The van der Waals surface area contributed by atoms with Gasteiger partial charge in [-0.1, -0.05) is 11.6 Å². The number of halogens is 3. The number of hydrazone groups is 1. The van der Waals surface area contributed by atoms with E-state index in [1.54, 1.807) is 18.2 Å². The molecule has 136 valence electrons. The molecular weight excluding hydrogens is 497 g/mol. The van der Waals surface area contributed by atoms with Crippen LogP contribution in [0.15, 0.2) is 44.4 Å². The Balaban J connectivity index is 1.97. The lowest BCUT2D eigenvalue weighted by Crippen LogP contribution is -2.24. The summed E-state index contributed by atoms with van der Waals surface area (Å²) in [6, 6.07) is 7.11. The maximum atomic E-state index is 11.7. The molecule has 0 radical (unpaired) electrons. The molecular formula is C15H10Br2ClN3O5. The Morgan fingerprint density at radius 3 is 2.73 bits per heavy atom. The fourth-order valence-corrected chi connectivity index (χ4v) is 3.01. The van der Waals surface area contributed by atoms with Gasteiger partial charge in [0.15, 0.2) is 6.61 Å². The third-order valence-electron chi connectivity index (χ3n) is 2.93. The first-order chi connectivity index (χ1) is 12.3. The van der Waals surface area contributed by atoms with Crippen molar-refractivity contribution < 1.29 is 19.6 Å². The fourth-order valence-electron chi connectivity index (χ4n) is 1.75. The normalized spacial score (nSPS) is 10.7. The topological polar surface area (TPSA) is 114 Å². The van der Waals surface area contributed by atoms with Gasteiger partial charge >= 0.3 is 0 Å². The second-order valence-corrected chi connectivity index (χ2v) is 6.92. The minimum atomic E-state index is -0.613. The number of hydrogen-bond acceptors (Lipinski definition) is 6. The monoisotopic (exact) mass is 505 g/mol. The van der Waals surface area contributed by atoms with Crippen LogP contribution in [0, 0.1) is 10.1 Å². The van der Waals surface area contributed by atoms with Crippen molar-refractivity contribution in [1.29, 1.82) is 0 Å². The number of nitrogens with zero attached hydrogens (tertiary/aromatic N) is 2. The van der Waals surface area contributed by atoms with Crippen LogP contribution >= 0.6 is 43.5 Å². The molecule has 2 N–H and O–H groups in total. The van der Waals surface area contributed by atoms with Crippen LogP contribution in [0.25, 0.3) is 0 Å². The number of benzene rings is 2. The third kappa shape index (κ3) is 5.41. The number of non-ortho nitro benzene ring substituents is 1. The van der Waals surface area contributed by atoms with Crippen molar-refractivity contribution in [2.75, 3.05) is 6.61 Å². The van der Waals surface area contributed by atoms with E-state index in [-0.39, 0.29) is 28.1 Å². The summed E-state index contributed by atoms with van der Waals surface area (Å²) in [5.74, 6) is -0.379. The zero-order valence-electron chi connectivity index (χ0n) is 12.8. The second kappa shape index (κ2) is 8.97. The predicted molar refractivity (Wildman–Crippen MR) is 103 cm³/mol. The van der Waals surface area contributed by atoms with Gasteiger partial charge in [-0.25, -0.2) is 5.43 Å². The van der Waals surface area contributed by atoms with Crippen LogP contribution in [0.5, 0.6) is 11.5 Å². The molecule has 26 heavy (non-hydrogen) atoms. The maximum Gasteiger partial charge on any atom is 0.277 e. The number of nitro groups is 1. The molecule has 0 aliphatic rings. The van der Waals surface area contributed by atoms with Crippen molar-refractivity contribution >= 4 is 61.3 Å². The lowest BCUT2D eigenvalue weighted by atomic mass is 10.2. The molecule has 0 saturated heterocycles. The van der Waals surface area contributed by atoms with Gasteiger partial charge in [-0.05, 0) is 50.1 Å². The van der Waals surface area contributed by atoms with Crippen LogP contribution in [-0.2, 0) is 4.79 Å². The first-order valence-corrected chi connectivity index (χ1v) is 8.81. The zero-order chi connectivity index (χ0) is 19.3. The van der Waals surface area contributed by atoms with E-state index in [1.165, 1.54) is 0 Å². The quantitative estimate of drug-likeness (QED) is 0.348. The Labute approximate surface area is 169 Å². The molecule has 11 heteroatoms. The van der Waals surface area contributed by atoms with Crippen molar-refractivity contribution in [3.8, 4) is 11.5 Å². The molecule has 0 heterocycles. The molecule has 2 aromatic carbocycles. The van der Waals surface area contributed by atoms with E-state index < -0.39 is 10.8 Å². The first kappa shape index (κ1) is 20.1. The summed E-state index contributed by atoms with van der Waals surface area (Å²) in [5, 5.41) is 24.9. The van der Waals surface area contributed by atoms with Crippen LogP contribution in [0.1, 0.15) is 5.56 Å². The Kier molecular flexibility index (Phi) is 6.95. The van der Waals surface area contributed by atoms with Gasteiger partial charge in [0.25, 0.3) is 11.6 Å². The summed E-state index contributed by atoms with van der Waals surface area (Å²) in [5.41, 5.74) is 2.02. The minimum Gasteiger partial charge on any atom is -0.506 e. The highest BCUT2D eigenvalue weighted by atomic mass is 79.9. The highest BCUT2D eigenvalue weighted by Crippen LogP contribution is 2.31. The second-order valence-electron chi connectivity index (χ2n) is 4.78. The smallest absolute Gasteiger partial charge is 0.277 e. The molecule has 0 saturated carbocycles. The van der Waals surface area contributed by atoms with Crippen molar-refractivity contribution in [2.24, 2.45) is 5.10 Å². The number of aromatic hydroxyl groups is 1. The predicted octanol–water partition coefficient (Wildman–Crippen LogP) is 4.01. The van der Waals surface area contributed by atoms with Crippen LogP contribution in [0.2, 0.25) is 5.02 Å². The number of nitro benzene ring substituents is 1. The first-order valence-electron chi connectivity index (χ1n) is 6.84. The van der Waals surface area contributed by atoms with Crippen molar-refractivity contribution in [3.05, 3.63) is 60.0 Å². The molecule has 0 unspecified atom stereocenters.